The van der Waals surface area contributed by atoms with Crippen molar-refractivity contribution in [2.75, 3.05) is 0 Å². The third-order valence-corrected chi connectivity index (χ3v) is 2.48. The van der Waals surface area contributed by atoms with Gasteiger partial charge >= 0.3 is 0 Å². The summed E-state index contributed by atoms with van der Waals surface area (Å²) in [6.07, 6.45) is 0. The molecule has 0 spiro atoms. The van der Waals surface area contributed by atoms with Crippen LogP contribution in [0.4, 0.5) is 0 Å². The molecule has 0 fully saturated rings. The Hall–Kier alpha value is -2.63. The van der Waals surface area contributed by atoms with Gasteiger partial charge in [0, 0.05) is 5.56 Å². The van der Waals surface area contributed by atoms with Gasteiger partial charge in [-0.2, -0.15) is 0 Å². The number of aromatic amines is 3. The van der Waals surface area contributed by atoms with Crippen molar-refractivity contribution in [3.05, 3.63) is 51.0 Å². The summed E-state index contributed by atoms with van der Waals surface area (Å²) in [5, 5.41) is 4.47. The second kappa shape index (κ2) is 3.44. The lowest BCUT2D eigenvalue weighted by Crippen LogP contribution is -2.18. The topological polar surface area (TPSA) is 94.4 Å². The van der Waals surface area contributed by atoms with Crippen LogP contribution in [0.5, 0.6) is 0 Å². The summed E-state index contributed by atoms with van der Waals surface area (Å²) < 4.78 is 0. The molecule has 0 aliphatic heterocycles. The van der Waals surface area contributed by atoms with Crippen molar-refractivity contribution in [1.29, 1.82) is 0 Å². The summed E-state index contributed by atoms with van der Waals surface area (Å²) in [6.45, 7) is 0. The van der Waals surface area contributed by atoms with Crippen LogP contribution in [0.15, 0.2) is 39.9 Å². The number of H-pyrrole nitrogens is 3. The van der Waals surface area contributed by atoms with Crippen molar-refractivity contribution in [2.45, 2.75) is 0 Å². The van der Waals surface area contributed by atoms with E-state index in [1.54, 1.807) is 0 Å². The van der Waals surface area contributed by atoms with Crippen molar-refractivity contribution in [3.8, 4) is 11.4 Å². The predicted octanol–water partition coefficient (Wildman–Crippen LogP) is 0.606. The van der Waals surface area contributed by atoms with E-state index in [0.29, 0.717) is 5.82 Å². The second-order valence-electron chi connectivity index (χ2n) is 3.58. The van der Waals surface area contributed by atoms with Gasteiger partial charge in [-0.3, -0.25) is 19.8 Å². The molecule has 3 N–H and O–H groups in total. The van der Waals surface area contributed by atoms with Gasteiger partial charge < -0.3 is 4.98 Å². The van der Waals surface area contributed by atoms with Gasteiger partial charge in [0.15, 0.2) is 5.52 Å². The third kappa shape index (κ3) is 1.46. The van der Waals surface area contributed by atoms with Gasteiger partial charge in [0.05, 0.1) is 0 Å². The molecule has 0 aliphatic rings. The van der Waals surface area contributed by atoms with E-state index in [9.17, 15) is 9.59 Å². The van der Waals surface area contributed by atoms with E-state index in [1.807, 2.05) is 30.3 Å². The largest absolute Gasteiger partial charge is 0.333 e. The number of hydrogen-bond donors (Lipinski definition) is 3. The first-order valence-electron chi connectivity index (χ1n) is 5.02. The maximum absolute atomic E-state index is 11.5. The van der Waals surface area contributed by atoms with Gasteiger partial charge in [0.1, 0.15) is 11.3 Å². The van der Waals surface area contributed by atoms with Gasteiger partial charge in [-0.05, 0) is 0 Å². The van der Waals surface area contributed by atoms with Crippen LogP contribution >= 0.6 is 0 Å². The average molecular weight is 228 g/mol. The summed E-state index contributed by atoms with van der Waals surface area (Å²) in [7, 11) is 0. The minimum atomic E-state index is -0.418. The third-order valence-electron chi connectivity index (χ3n) is 2.48. The summed E-state index contributed by atoms with van der Waals surface area (Å²) in [5.41, 5.74) is 0.315. The van der Waals surface area contributed by atoms with Crippen LogP contribution in [-0.4, -0.2) is 20.2 Å². The Kier molecular flexibility index (Phi) is 1.94. The zero-order chi connectivity index (χ0) is 11.8. The fraction of sp³-hybridized carbons (Fsp3) is 0. The summed E-state index contributed by atoms with van der Waals surface area (Å²) in [4.78, 5) is 29.9. The molecule has 0 atom stereocenters. The van der Waals surface area contributed by atoms with Crippen molar-refractivity contribution in [2.24, 2.45) is 0 Å². The molecular formula is C11H8N4O2. The van der Waals surface area contributed by atoms with Gasteiger partial charge in [-0.1, -0.05) is 30.3 Å². The van der Waals surface area contributed by atoms with Gasteiger partial charge in [-0.15, -0.1) is 0 Å². The monoisotopic (exact) mass is 228 g/mol. The zero-order valence-corrected chi connectivity index (χ0v) is 8.65. The number of aromatic nitrogens is 4. The summed E-state index contributed by atoms with van der Waals surface area (Å²) >= 11 is 0. The molecule has 84 valence electrons. The van der Waals surface area contributed by atoms with E-state index in [1.165, 1.54) is 0 Å². The molecule has 2 heterocycles. The summed E-state index contributed by atoms with van der Waals surface area (Å²) in [6, 6.07) is 9.29. The highest BCUT2D eigenvalue weighted by atomic mass is 16.1. The Labute approximate surface area is 94.3 Å². The number of imidazole rings is 1. The fourth-order valence-corrected chi connectivity index (χ4v) is 1.67. The molecule has 3 aromatic rings. The van der Waals surface area contributed by atoms with E-state index in [0.717, 1.165) is 5.56 Å². The molecule has 2 aromatic heterocycles. The molecule has 0 amide bonds. The molecule has 1 aromatic carbocycles. The number of benzene rings is 1. The lowest BCUT2D eigenvalue weighted by atomic mass is 10.2. The number of nitrogens with one attached hydrogen (secondary N) is 3. The van der Waals surface area contributed by atoms with Gasteiger partial charge in [-0.25, -0.2) is 4.98 Å². The highest BCUT2D eigenvalue weighted by Gasteiger charge is 2.10. The Morgan fingerprint density at radius 3 is 2.35 bits per heavy atom. The zero-order valence-electron chi connectivity index (χ0n) is 8.65. The number of nitrogens with zero attached hydrogens (tertiary/aromatic N) is 1. The first-order valence-corrected chi connectivity index (χ1v) is 5.02. The number of fused-ring (bicyclic) bond motifs is 1. The minimum Gasteiger partial charge on any atom is -0.333 e. The van der Waals surface area contributed by atoms with Crippen molar-refractivity contribution in [1.82, 2.24) is 20.2 Å². The lowest BCUT2D eigenvalue weighted by molar-refractivity contribution is 0.971. The van der Waals surface area contributed by atoms with E-state index < -0.39 is 11.1 Å². The van der Waals surface area contributed by atoms with E-state index in [4.69, 9.17) is 0 Å². The van der Waals surface area contributed by atoms with Crippen LogP contribution in [0.3, 0.4) is 0 Å². The van der Waals surface area contributed by atoms with Crippen LogP contribution in [0, 0.1) is 0 Å². The summed E-state index contributed by atoms with van der Waals surface area (Å²) in [5.74, 6) is 0.503. The van der Waals surface area contributed by atoms with Crippen LogP contribution in [0.2, 0.25) is 0 Å². The molecular weight excluding hydrogens is 220 g/mol. The van der Waals surface area contributed by atoms with E-state index in [-0.39, 0.29) is 11.0 Å². The Balaban J connectivity index is 2.35. The normalized spacial score (nSPS) is 10.8. The Bertz CT molecular complexity index is 735. The molecule has 0 saturated carbocycles. The molecule has 6 heteroatoms. The van der Waals surface area contributed by atoms with Crippen molar-refractivity contribution in [3.63, 3.8) is 0 Å². The van der Waals surface area contributed by atoms with E-state index in [2.05, 4.69) is 20.2 Å². The molecule has 0 unspecified atom stereocenters. The number of hydrogen-bond acceptors (Lipinski definition) is 3. The fourth-order valence-electron chi connectivity index (χ4n) is 1.67. The smallest absolute Gasteiger partial charge is 0.290 e. The number of rotatable bonds is 1. The van der Waals surface area contributed by atoms with Crippen LogP contribution in [-0.2, 0) is 0 Å². The molecule has 0 aliphatic carbocycles. The van der Waals surface area contributed by atoms with E-state index >= 15 is 0 Å². The van der Waals surface area contributed by atoms with Crippen molar-refractivity contribution >= 4 is 11.0 Å². The molecule has 6 nitrogen and oxygen atoms in total. The Morgan fingerprint density at radius 1 is 0.941 bits per heavy atom. The predicted molar refractivity (Wildman–Crippen MR) is 62.8 cm³/mol. The van der Waals surface area contributed by atoms with Crippen molar-refractivity contribution < 1.29 is 0 Å². The molecule has 0 saturated heterocycles. The van der Waals surface area contributed by atoms with Gasteiger partial charge in [0.2, 0.25) is 0 Å². The molecule has 17 heavy (non-hydrogen) atoms. The van der Waals surface area contributed by atoms with Crippen LogP contribution in [0.25, 0.3) is 22.4 Å². The SMILES string of the molecule is O=c1[nH][nH]c(=O)c2[nH]c(-c3ccccc3)nc12. The quantitative estimate of drug-likeness (QED) is 0.569. The maximum Gasteiger partial charge on any atom is 0.290 e. The second-order valence-corrected chi connectivity index (χ2v) is 3.58. The lowest BCUT2D eigenvalue weighted by Gasteiger charge is -1.92. The molecule has 3 rings (SSSR count). The molecule has 0 bridgehead atoms. The first-order chi connectivity index (χ1) is 8.25. The standard InChI is InChI=1S/C11H8N4O2/c16-10-7-8(11(17)15-14-10)13-9(12-7)6-4-2-1-3-5-6/h1-5H,(H,12,13)(H,14,16)(H,15,17). The highest BCUT2D eigenvalue weighted by molar-refractivity contribution is 5.77. The first kappa shape index (κ1) is 9.59. The minimum absolute atomic E-state index is 0.118. The molecule has 0 radical (unpaired) electrons. The van der Waals surface area contributed by atoms with Gasteiger partial charge in [0.25, 0.3) is 11.1 Å². The maximum atomic E-state index is 11.5. The van der Waals surface area contributed by atoms with Crippen LogP contribution < -0.4 is 11.1 Å². The average Bonchev–Trinajstić information content (AvgIpc) is 2.81. The van der Waals surface area contributed by atoms with Crippen LogP contribution in [0.1, 0.15) is 0 Å². The Morgan fingerprint density at radius 2 is 1.65 bits per heavy atom. The highest BCUT2D eigenvalue weighted by Crippen LogP contribution is 2.15.